The van der Waals surface area contributed by atoms with Gasteiger partial charge in [-0.3, -0.25) is 0 Å². The molecule has 0 atom stereocenters. The summed E-state index contributed by atoms with van der Waals surface area (Å²) >= 11 is 2.23. The van der Waals surface area contributed by atoms with Crippen LogP contribution >= 0.6 is 0 Å². The predicted octanol–water partition coefficient (Wildman–Crippen LogP) is 7.07. The Balaban J connectivity index is 0.000000242. The summed E-state index contributed by atoms with van der Waals surface area (Å²) in [5, 5.41) is 0. The quantitative estimate of drug-likeness (QED) is 0.324. The minimum atomic E-state index is 0.434. The zero-order valence-corrected chi connectivity index (χ0v) is 19.6. The van der Waals surface area contributed by atoms with Crippen molar-refractivity contribution in [1.82, 2.24) is 0 Å². The summed E-state index contributed by atoms with van der Waals surface area (Å²) in [6.07, 6.45) is 5.49. The second-order valence-corrected chi connectivity index (χ2v) is 9.56. The summed E-state index contributed by atoms with van der Waals surface area (Å²) < 4.78 is 1.60. The van der Waals surface area contributed by atoms with E-state index in [0.717, 1.165) is 18.3 Å². The Bertz CT molecular complexity index is 912. The molecule has 0 fully saturated rings. The van der Waals surface area contributed by atoms with E-state index in [-0.39, 0.29) is 0 Å². The molecular weight excluding hydrogens is 372 g/mol. The molecule has 0 spiro atoms. The summed E-state index contributed by atoms with van der Waals surface area (Å²) in [6.45, 7) is 13.4. The molecule has 0 aliphatic heterocycles. The molecule has 1 heteroatoms. The molecule has 28 heavy (non-hydrogen) atoms. The van der Waals surface area contributed by atoms with Crippen molar-refractivity contribution in [3.05, 3.63) is 82.5 Å². The topological polar surface area (TPSA) is 0 Å². The van der Waals surface area contributed by atoms with Gasteiger partial charge in [0.15, 0.2) is 0 Å². The Morgan fingerprint density at radius 2 is 1.50 bits per heavy atom. The van der Waals surface area contributed by atoms with Crippen molar-refractivity contribution in [3.63, 3.8) is 0 Å². The Labute approximate surface area is 182 Å². The van der Waals surface area contributed by atoms with Gasteiger partial charge < -0.3 is 0 Å². The molecule has 143 valence electrons. The van der Waals surface area contributed by atoms with Crippen molar-refractivity contribution in [2.24, 2.45) is 11.8 Å². The first-order valence-electron chi connectivity index (χ1n) is 10.4. The molecule has 0 unspecified atom stereocenters. The summed E-state index contributed by atoms with van der Waals surface area (Å²) in [7, 11) is 0. The van der Waals surface area contributed by atoms with Crippen molar-refractivity contribution in [3.8, 4) is 11.1 Å². The number of hydrogen-bond acceptors (Lipinski definition) is 0. The van der Waals surface area contributed by atoms with Gasteiger partial charge in [-0.25, -0.2) is 0 Å². The average molecular weight is 403 g/mol. The van der Waals surface area contributed by atoms with Gasteiger partial charge in [0.25, 0.3) is 0 Å². The molecule has 0 radical (unpaired) electrons. The number of hydrogen-bond donors (Lipinski definition) is 0. The van der Waals surface area contributed by atoms with Gasteiger partial charge in [-0.1, -0.05) is 58.7 Å². The summed E-state index contributed by atoms with van der Waals surface area (Å²) in [5.41, 5.74) is 9.71. The normalized spacial score (nSPS) is 15.1. The van der Waals surface area contributed by atoms with Gasteiger partial charge in [0.05, 0.1) is 0 Å². The second kappa shape index (κ2) is 8.89. The molecule has 0 saturated heterocycles. The van der Waals surface area contributed by atoms with Crippen LogP contribution in [-0.4, -0.2) is 3.81 Å². The van der Waals surface area contributed by atoms with Gasteiger partial charge in [0.2, 0.25) is 0 Å². The van der Waals surface area contributed by atoms with Crippen LogP contribution < -0.4 is 0 Å². The average Bonchev–Trinajstić information content (AvgIpc) is 3.20. The summed E-state index contributed by atoms with van der Waals surface area (Å²) in [5.74, 6) is 1.95. The monoisotopic (exact) mass is 403 g/mol. The first kappa shape index (κ1) is 21.2. The maximum atomic E-state index is 3.69. The van der Waals surface area contributed by atoms with E-state index in [0.29, 0.717) is 5.92 Å². The molecule has 2 aromatic rings. The van der Waals surface area contributed by atoms with Gasteiger partial charge in [0.1, 0.15) is 0 Å². The van der Waals surface area contributed by atoms with E-state index in [1.165, 1.54) is 39.0 Å². The van der Waals surface area contributed by atoms with E-state index in [9.17, 15) is 0 Å². The minimum absolute atomic E-state index is 0.434. The van der Waals surface area contributed by atoms with Crippen LogP contribution in [0.1, 0.15) is 64.2 Å². The van der Waals surface area contributed by atoms with E-state index in [1.54, 1.807) is 3.81 Å². The molecule has 0 amide bonds. The van der Waals surface area contributed by atoms with Crippen LogP contribution in [0.15, 0.2) is 59.7 Å². The molecular formula is C27H31Ti. The van der Waals surface area contributed by atoms with Crippen molar-refractivity contribution in [2.75, 3.05) is 0 Å². The maximum absolute atomic E-state index is 3.69. The molecule has 0 aromatic heterocycles. The Hall–Kier alpha value is -1.50. The van der Waals surface area contributed by atoms with Crippen molar-refractivity contribution in [1.29, 1.82) is 0 Å². The van der Waals surface area contributed by atoms with Crippen molar-refractivity contribution < 1.29 is 20.0 Å². The molecule has 2 aliphatic rings. The van der Waals surface area contributed by atoms with E-state index >= 15 is 0 Å². The molecule has 2 aliphatic carbocycles. The van der Waals surface area contributed by atoms with Crippen molar-refractivity contribution >= 4 is 3.81 Å². The summed E-state index contributed by atoms with van der Waals surface area (Å²) in [4.78, 5) is 0. The van der Waals surface area contributed by atoms with Crippen LogP contribution in [0.3, 0.4) is 0 Å². The Kier molecular flexibility index (Phi) is 6.74. The van der Waals surface area contributed by atoms with Crippen LogP contribution in [0.25, 0.3) is 11.1 Å². The van der Waals surface area contributed by atoms with Gasteiger partial charge in [-0.15, -0.1) is 11.1 Å². The number of benzene rings is 2. The van der Waals surface area contributed by atoms with E-state index in [4.69, 9.17) is 0 Å². The molecule has 0 heterocycles. The Morgan fingerprint density at radius 3 is 2.07 bits per heavy atom. The third kappa shape index (κ3) is 4.39. The van der Waals surface area contributed by atoms with E-state index < -0.39 is 0 Å². The fourth-order valence-electron chi connectivity index (χ4n) is 4.22. The molecule has 0 bridgehead atoms. The predicted molar refractivity (Wildman–Crippen MR) is 118 cm³/mol. The number of rotatable bonds is 3. The summed E-state index contributed by atoms with van der Waals surface area (Å²) in [6, 6.07) is 16.9. The first-order chi connectivity index (χ1) is 13.3. The van der Waals surface area contributed by atoms with Crippen LogP contribution in [0.4, 0.5) is 0 Å². The fraction of sp³-hybridized carbons (Fsp3) is 0.370. The zero-order valence-electron chi connectivity index (χ0n) is 18.1. The number of fused-ring (bicyclic) bond motifs is 3. The maximum Gasteiger partial charge on any atom is 0.00326 e. The van der Waals surface area contributed by atoms with E-state index in [2.05, 4.69) is 116 Å². The fourth-order valence-corrected chi connectivity index (χ4v) is 4.22. The third-order valence-electron chi connectivity index (χ3n) is 5.80. The zero-order chi connectivity index (χ0) is 20.4. The molecule has 2 aromatic carbocycles. The largest absolute Gasteiger partial charge is 0.175 e. The molecule has 0 N–H and O–H groups in total. The standard InChI is InChI=1S/C20H17.C7H14.Ti/c1-13-7-8-14(2)20(13)16-9-10-19-17(12-16)11-15-5-3-4-6-18(15)19;1-6(2)5-7(3)4;/h3-10,20H,11H2,1-2H3;6-7H,1-4H3;/q-1;;+1. The Morgan fingerprint density at radius 1 is 0.893 bits per heavy atom. The van der Waals surface area contributed by atoms with E-state index in [1.807, 2.05) is 0 Å². The number of allylic oxidation sites excluding steroid dienone is 4. The van der Waals surface area contributed by atoms with Crippen LogP contribution in [-0.2, 0) is 26.4 Å². The molecule has 0 saturated carbocycles. The third-order valence-corrected chi connectivity index (χ3v) is 7.60. The SMILES string of the molecule is CC(C)[C](=[Ti+])C(C)C.CC1=CC=C(C)C1c1[c-]c2c(cc1)-c1ccccc1C2. The minimum Gasteiger partial charge on any atom is -0.175 e. The van der Waals surface area contributed by atoms with Gasteiger partial charge in [-0.2, -0.15) is 23.8 Å². The van der Waals surface area contributed by atoms with Gasteiger partial charge >= 0.3 is 63.3 Å². The van der Waals surface area contributed by atoms with Crippen LogP contribution in [0.2, 0.25) is 0 Å². The van der Waals surface area contributed by atoms with Gasteiger partial charge in [-0.05, 0) is 20.3 Å². The van der Waals surface area contributed by atoms with Crippen LogP contribution in [0.5, 0.6) is 0 Å². The molecule has 0 nitrogen and oxygen atoms in total. The second-order valence-electron chi connectivity index (χ2n) is 8.66. The molecule has 4 rings (SSSR count). The van der Waals surface area contributed by atoms with Gasteiger partial charge in [0, 0.05) is 5.92 Å². The smallest absolute Gasteiger partial charge is 0.00326 e. The van der Waals surface area contributed by atoms with Crippen LogP contribution in [0, 0.1) is 17.9 Å². The first-order valence-corrected chi connectivity index (χ1v) is 11.1. The van der Waals surface area contributed by atoms with Crippen molar-refractivity contribution in [2.45, 2.75) is 53.9 Å².